The molecule has 2 N–H and O–H groups in total. The van der Waals surface area contributed by atoms with Crippen molar-refractivity contribution in [1.82, 2.24) is 15.2 Å². The summed E-state index contributed by atoms with van der Waals surface area (Å²) >= 11 is 0. The molecule has 0 saturated carbocycles. The Bertz CT molecular complexity index is 810. The van der Waals surface area contributed by atoms with E-state index in [1.807, 2.05) is 48.5 Å². The predicted molar refractivity (Wildman–Crippen MR) is 84.0 cm³/mol. The fourth-order valence-corrected chi connectivity index (χ4v) is 1.89. The van der Waals surface area contributed by atoms with Gasteiger partial charge in [-0.05, 0) is 24.3 Å². The summed E-state index contributed by atoms with van der Waals surface area (Å²) < 4.78 is 0. The summed E-state index contributed by atoms with van der Waals surface area (Å²) in [5.41, 5.74) is 2.09. The maximum atomic E-state index is 9.10. The van der Waals surface area contributed by atoms with E-state index < -0.39 is 0 Å². The van der Waals surface area contributed by atoms with Crippen molar-refractivity contribution in [2.24, 2.45) is 0 Å². The molecule has 1 aromatic heterocycles. The van der Waals surface area contributed by atoms with Crippen LogP contribution in [0.15, 0.2) is 60.8 Å². The van der Waals surface area contributed by atoms with Gasteiger partial charge >= 0.3 is 0 Å². The second-order valence-corrected chi connectivity index (χ2v) is 4.44. The van der Waals surface area contributed by atoms with Crippen LogP contribution in [0.4, 0.5) is 23.1 Å². The number of benzene rings is 2. The van der Waals surface area contributed by atoms with Crippen LogP contribution in [0.5, 0.6) is 0 Å². The third kappa shape index (κ3) is 3.16. The average Bonchev–Trinajstić information content (AvgIpc) is 2.57. The van der Waals surface area contributed by atoms with Crippen LogP contribution in [0.2, 0.25) is 0 Å². The number of nitrogens with one attached hydrogen (secondary N) is 2. The van der Waals surface area contributed by atoms with Crippen molar-refractivity contribution in [2.45, 2.75) is 0 Å². The molecular formula is C16H12N6. The van der Waals surface area contributed by atoms with E-state index in [-0.39, 0.29) is 0 Å². The van der Waals surface area contributed by atoms with E-state index >= 15 is 0 Å². The van der Waals surface area contributed by atoms with Crippen molar-refractivity contribution < 1.29 is 0 Å². The highest BCUT2D eigenvalue weighted by Gasteiger charge is 2.04. The van der Waals surface area contributed by atoms with Crippen LogP contribution in [0.3, 0.4) is 0 Å². The van der Waals surface area contributed by atoms with Gasteiger partial charge in [-0.2, -0.15) is 15.3 Å². The van der Waals surface area contributed by atoms with Crippen LogP contribution in [0, 0.1) is 11.3 Å². The van der Waals surface area contributed by atoms with E-state index in [2.05, 4.69) is 31.9 Å². The maximum absolute atomic E-state index is 9.10. The summed E-state index contributed by atoms with van der Waals surface area (Å²) in [5.74, 6) is 0.891. The van der Waals surface area contributed by atoms with Crippen molar-refractivity contribution in [3.8, 4) is 6.07 Å². The fraction of sp³-hybridized carbons (Fsp3) is 0. The van der Waals surface area contributed by atoms with Crippen LogP contribution in [0.1, 0.15) is 5.56 Å². The quantitative estimate of drug-likeness (QED) is 0.766. The molecule has 0 radical (unpaired) electrons. The molecule has 0 bridgehead atoms. The number of rotatable bonds is 4. The lowest BCUT2D eigenvalue weighted by atomic mass is 10.2. The minimum atomic E-state index is 0.380. The summed E-state index contributed by atoms with van der Waals surface area (Å²) in [5, 5.41) is 23.1. The van der Waals surface area contributed by atoms with Crippen LogP contribution in [0.25, 0.3) is 0 Å². The van der Waals surface area contributed by atoms with E-state index in [0.717, 1.165) is 5.69 Å². The Morgan fingerprint density at radius 3 is 2.50 bits per heavy atom. The van der Waals surface area contributed by atoms with E-state index in [1.165, 1.54) is 6.20 Å². The molecule has 6 heteroatoms. The second-order valence-electron chi connectivity index (χ2n) is 4.44. The highest BCUT2D eigenvalue weighted by molar-refractivity contribution is 5.64. The summed E-state index contributed by atoms with van der Waals surface area (Å²) in [4.78, 5) is 4.33. The molecule has 0 unspecified atom stereocenters. The first-order valence-electron chi connectivity index (χ1n) is 6.63. The number of hydrogen-bond acceptors (Lipinski definition) is 6. The maximum Gasteiger partial charge on any atom is 0.249 e. The highest BCUT2D eigenvalue weighted by atomic mass is 15.3. The van der Waals surface area contributed by atoms with Gasteiger partial charge in [-0.3, -0.25) is 0 Å². The van der Waals surface area contributed by atoms with Crippen LogP contribution in [-0.4, -0.2) is 15.2 Å². The monoisotopic (exact) mass is 288 g/mol. The Labute approximate surface area is 127 Å². The number of nitrogens with zero attached hydrogens (tertiary/aromatic N) is 4. The molecule has 0 fully saturated rings. The van der Waals surface area contributed by atoms with Gasteiger partial charge in [0.25, 0.3) is 0 Å². The minimum Gasteiger partial charge on any atom is -0.338 e. The Hall–Kier alpha value is -3.46. The average molecular weight is 288 g/mol. The van der Waals surface area contributed by atoms with Crippen molar-refractivity contribution in [1.29, 1.82) is 5.26 Å². The van der Waals surface area contributed by atoms with Gasteiger partial charge in [0.05, 0.1) is 17.4 Å². The highest BCUT2D eigenvalue weighted by Crippen LogP contribution is 2.19. The number of hydrogen-bond donors (Lipinski definition) is 2. The lowest BCUT2D eigenvalue weighted by Gasteiger charge is -2.08. The van der Waals surface area contributed by atoms with Crippen LogP contribution < -0.4 is 10.6 Å². The SMILES string of the molecule is N#Cc1ccccc1Nc1cnnc(Nc2ccccc2)n1. The smallest absolute Gasteiger partial charge is 0.249 e. The van der Waals surface area contributed by atoms with Crippen molar-refractivity contribution in [2.75, 3.05) is 10.6 Å². The van der Waals surface area contributed by atoms with Crippen LogP contribution >= 0.6 is 0 Å². The molecule has 1 heterocycles. The summed E-state index contributed by atoms with van der Waals surface area (Å²) in [6.07, 6.45) is 1.50. The Morgan fingerprint density at radius 1 is 0.909 bits per heavy atom. The summed E-state index contributed by atoms with van der Waals surface area (Å²) in [6, 6.07) is 18.9. The van der Waals surface area contributed by atoms with Gasteiger partial charge in [-0.15, -0.1) is 5.10 Å². The lowest BCUT2D eigenvalue weighted by Crippen LogP contribution is -2.03. The Morgan fingerprint density at radius 2 is 1.68 bits per heavy atom. The number of aromatic nitrogens is 3. The second kappa shape index (κ2) is 6.33. The minimum absolute atomic E-state index is 0.380. The number of nitriles is 1. The first kappa shape index (κ1) is 13.5. The molecule has 6 nitrogen and oxygen atoms in total. The molecule has 0 spiro atoms. The molecule has 22 heavy (non-hydrogen) atoms. The molecule has 0 atom stereocenters. The van der Waals surface area contributed by atoms with E-state index in [0.29, 0.717) is 23.0 Å². The first-order valence-corrected chi connectivity index (χ1v) is 6.63. The zero-order chi connectivity index (χ0) is 15.2. The van der Waals surface area contributed by atoms with Crippen molar-refractivity contribution >= 4 is 23.1 Å². The van der Waals surface area contributed by atoms with Gasteiger partial charge in [0.1, 0.15) is 6.07 Å². The number of para-hydroxylation sites is 2. The molecule has 2 aromatic carbocycles. The van der Waals surface area contributed by atoms with Crippen molar-refractivity contribution in [3.63, 3.8) is 0 Å². The predicted octanol–water partition coefficient (Wildman–Crippen LogP) is 3.23. The Balaban J connectivity index is 1.81. The molecule has 0 amide bonds. The normalized spacial score (nSPS) is 9.77. The van der Waals surface area contributed by atoms with Gasteiger partial charge in [-0.25, -0.2) is 0 Å². The molecular weight excluding hydrogens is 276 g/mol. The zero-order valence-electron chi connectivity index (χ0n) is 11.6. The molecule has 106 valence electrons. The van der Waals surface area contributed by atoms with Crippen molar-refractivity contribution in [3.05, 3.63) is 66.4 Å². The van der Waals surface area contributed by atoms with Gasteiger partial charge < -0.3 is 10.6 Å². The number of anilines is 4. The molecule has 0 aliphatic carbocycles. The first-order chi connectivity index (χ1) is 10.8. The molecule has 3 rings (SSSR count). The molecule has 0 aliphatic heterocycles. The molecule has 0 saturated heterocycles. The Kier molecular flexibility index (Phi) is 3.89. The third-order valence-electron chi connectivity index (χ3n) is 2.90. The van der Waals surface area contributed by atoms with Gasteiger partial charge in [0.15, 0.2) is 5.82 Å². The summed E-state index contributed by atoms with van der Waals surface area (Å²) in [6.45, 7) is 0. The van der Waals surface area contributed by atoms with E-state index in [4.69, 9.17) is 5.26 Å². The molecule has 0 aliphatic rings. The van der Waals surface area contributed by atoms with Gasteiger partial charge in [-0.1, -0.05) is 30.3 Å². The van der Waals surface area contributed by atoms with Gasteiger partial charge in [0, 0.05) is 5.69 Å². The standard InChI is InChI=1S/C16H12N6/c17-10-12-6-4-5-9-14(12)20-15-11-18-22-16(21-15)19-13-7-2-1-3-8-13/h1-9,11H,(H2,19,20,21,22). The topological polar surface area (TPSA) is 86.5 Å². The lowest BCUT2D eigenvalue weighted by molar-refractivity contribution is 0.982. The fourth-order valence-electron chi connectivity index (χ4n) is 1.89. The van der Waals surface area contributed by atoms with Crippen LogP contribution in [-0.2, 0) is 0 Å². The van der Waals surface area contributed by atoms with E-state index in [1.54, 1.807) is 6.07 Å². The molecule has 3 aromatic rings. The third-order valence-corrected chi connectivity index (χ3v) is 2.90. The largest absolute Gasteiger partial charge is 0.338 e. The zero-order valence-corrected chi connectivity index (χ0v) is 11.6. The summed E-state index contributed by atoms with van der Waals surface area (Å²) in [7, 11) is 0. The van der Waals surface area contributed by atoms with E-state index in [9.17, 15) is 0 Å². The van der Waals surface area contributed by atoms with Gasteiger partial charge in [0.2, 0.25) is 5.95 Å².